The number of rotatable bonds is 2. The molecule has 1 aliphatic rings. The average molecular weight is 443 g/mol. The van der Waals surface area contributed by atoms with E-state index >= 15 is 0 Å². The minimum Gasteiger partial charge on any atom is -0.215 e. The summed E-state index contributed by atoms with van der Waals surface area (Å²) in [5.74, 6) is 0.671. The maximum Gasteiger partial charge on any atom is 0 e. The van der Waals surface area contributed by atoms with Gasteiger partial charge in [-0.3, -0.25) is 0 Å². The predicted molar refractivity (Wildman–Crippen MR) is 57.8 cm³/mol. The summed E-state index contributed by atoms with van der Waals surface area (Å²) in [6.45, 7) is 8.94. The molecule has 1 aliphatic heterocycles. The van der Waals surface area contributed by atoms with Crippen molar-refractivity contribution in [1.82, 2.24) is 0 Å². The second kappa shape index (κ2) is 4.66. The van der Waals surface area contributed by atoms with Crippen LogP contribution in [0, 0.1) is 11.2 Å². The van der Waals surface area contributed by atoms with Gasteiger partial charge in [0.2, 0.25) is 0 Å². The number of hydrogen-bond acceptors (Lipinski definition) is 1. The zero-order chi connectivity index (χ0) is 9.14. The van der Waals surface area contributed by atoms with Crippen molar-refractivity contribution in [1.29, 1.82) is 0 Å². The molecule has 0 spiro atoms. The Morgan fingerprint density at radius 1 is 1.46 bits per heavy atom. The summed E-state index contributed by atoms with van der Waals surface area (Å²) in [5, 5.41) is 1.41. The van der Waals surface area contributed by atoms with Gasteiger partial charge in [-0.15, -0.1) is 12.5 Å². The van der Waals surface area contributed by atoms with Crippen LogP contribution < -0.4 is 0 Å². The average Bonchev–Trinajstić information content (AvgIpc) is 2.04. The molecule has 2 heteroatoms. The van der Waals surface area contributed by atoms with Crippen LogP contribution in [0.2, 0.25) is 0 Å². The van der Waals surface area contributed by atoms with Crippen LogP contribution in [-0.4, -0.2) is 0 Å². The fraction of sp³-hybridized carbons (Fsp3) is 0.545. The molecule has 1 heterocycles. The molecule has 0 bridgehead atoms. The van der Waals surface area contributed by atoms with Gasteiger partial charge in [0.15, 0.2) is 0 Å². The monoisotopic (exact) mass is 443 g/mol. The first-order chi connectivity index (χ1) is 5.65. The molecule has 1 radical (unpaired) electrons. The van der Waals surface area contributed by atoms with Crippen molar-refractivity contribution < 1.29 is 0 Å². The largest absolute Gasteiger partial charge is 0.215 e. The minimum absolute atomic E-state index is 0. The van der Waals surface area contributed by atoms with Gasteiger partial charge < -0.3 is 0 Å². The van der Waals surface area contributed by atoms with Crippen molar-refractivity contribution >= 4 is 11.8 Å². The Kier molecular flexibility index (Phi) is 4.19. The zero-order valence-electron chi connectivity index (χ0n) is 8.61. The summed E-state index contributed by atoms with van der Waals surface area (Å²) >= 11 is 1.94. The third kappa shape index (κ3) is 2.59. The molecule has 0 saturated carbocycles. The van der Waals surface area contributed by atoms with Crippen LogP contribution in [-0.2, 0) is 0 Å². The van der Waals surface area contributed by atoms with Crippen molar-refractivity contribution in [2.75, 3.05) is 0 Å². The van der Waals surface area contributed by atoms with Crippen molar-refractivity contribution in [3.63, 3.8) is 0 Å². The van der Waals surface area contributed by atoms with E-state index in [4.69, 9.17) is 0 Å². The molecule has 0 aromatic heterocycles. The SMILES string of the molecule is CCC1=C(C(C)C)S[C-](C)C=C1.[Lr]. The molecule has 0 amide bonds. The van der Waals surface area contributed by atoms with E-state index in [9.17, 15) is 0 Å². The first kappa shape index (κ1) is 11.7. The Hall–Kier alpha value is -1.30. The van der Waals surface area contributed by atoms with Gasteiger partial charge in [0.25, 0.3) is 0 Å². The summed E-state index contributed by atoms with van der Waals surface area (Å²) < 4.78 is 0. The molecule has 0 saturated heterocycles. The molecular weight excluding hydrogens is 426 g/mol. The van der Waals surface area contributed by atoms with Gasteiger partial charge in [-0.25, -0.2) is 23.9 Å². The number of thioether (sulfide) groups is 1. The molecule has 0 N–H and O–H groups in total. The minimum atomic E-state index is 0. The molecule has 1 rings (SSSR count). The Bertz CT molecular complexity index is 216. The van der Waals surface area contributed by atoms with Crippen LogP contribution >= 0.6 is 11.8 Å². The van der Waals surface area contributed by atoms with E-state index < -0.39 is 0 Å². The fourth-order valence-electron chi connectivity index (χ4n) is 1.35. The molecule has 0 atom stereocenters. The second-order valence-electron chi connectivity index (χ2n) is 3.44. The predicted octanol–water partition coefficient (Wildman–Crippen LogP) is 4.16. The smallest absolute Gasteiger partial charge is 0 e. The summed E-state index contributed by atoms with van der Waals surface area (Å²) in [6.07, 6.45) is 5.64. The summed E-state index contributed by atoms with van der Waals surface area (Å²) in [7, 11) is 0. The van der Waals surface area contributed by atoms with Crippen molar-refractivity contribution in [3.8, 4) is 0 Å². The van der Waals surface area contributed by atoms with Crippen LogP contribution in [0.3, 0.4) is 0 Å². The van der Waals surface area contributed by atoms with E-state index in [1.165, 1.54) is 10.8 Å². The molecule has 0 aromatic rings. The van der Waals surface area contributed by atoms with E-state index in [2.05, 4.69) is 39.8 Å². The first-order valence-electron chi connectivity index (χ1n) is 4.57. The Balaban J connectivity index is 0.00000144. The maximum atomic E-state index is 2.27. The van der Waals surface area contributed by atoms with Crippen molar-refractivity contribution in [2.24, 2.45) is 5.92 Å². The topological polar surface area (TPSA) is 0 Å². The molecule has 13 heavy (non-hydrogen) atoms. The quantitative estimate of drug-likeness (QED) is 0.578. The summed E-state index contributed by atoms with van der Waals surface area (Å²) in [6, 6.07) is 0. The third-order valence-corrected chi connectivity index (χ3v) is 3.42. The Morgan fingerprint density at radius 3 is 2.54 bits per heavy atom. The Morgan fingerprint density at radius 2 is 2.08 bits per heavy atom. The van der Waals surface area contributed by atoms with Crippen LogP contribution in [0.4, 0.5) is 0 Å². The molecule has 0 aromatic carbocycles. The zero-order valence-corrected chi connectivity index (χ0v) is 11.6. The van der Waals surface area contributed by atoms with Gasteiger partial charge in [0.05, 0.1) is 0 Å². The van der Waals surface area contributed by atoms with Gasteiger partial charge in [0.1, 0.15) is 0 Å². The molecule has 83 valence electrons. The maximum absolute atomic E-state index is 2.27. The standard InChI is InChI=1S/C11H17S.Lr/c1-5-10-7-6-9(4)12-11(10)8(2)3;/h6-8H,5H2,1-4H3;/q-1;. The van der Waals surface area contributed by atoms with Crippen LogP contribution in [0.5, 0.6) is 0 Å². The van der Waals surface area contributed by atoms with E-state index in [0.717, 1.165) is 6.42 Å². The summed E-state index contributed by atoms with van der Waals surface area (Å²) in [5.41, 5.74) is 1.51. The van der Waals surface area contributed by atoms with Crippen LogP contribution in [0.15, 0.2) is 22.6 Å². The van der Waals surface area contributed by atoms with E-state index in [-0.39, 0.29) is 0 Å². The van der Waals surface area contributed by atoms with Gasteiger partial charge in [-0.2, -0.15) is 5.25 Å². The second-order valence-corrected chi connectivity index (χ2v) is 4.73. The van der Waals surface area contributed by atoms with E-state index in [1.54, 1.807) is 4.91 Å². The first-order valence-corrected chi connectivity index (χ1v) is 5.39. The van der Waals surface area contributed by atoms with Crippen molar-refractivity contribution in [2.45, 2.75) is 34.1 Å². The molecule has 0 fully saturated rings. The molecule has 0 unspecified atom stereocenters. The van der Waals surface area contributed by atoms with Gasteiger partial charge in [0, 0.05) is 0 Å². The van der Waals surface area contributed by atoms with E-state index in [1.807, 2.05) is 11.8 Å². The van der Waals surface area contributed by atoms with Gasteiger partial charge in [-0.1, -0.05) is 20.8 Å². The normalized spacial score (nSPS) is 16.5. The van der Waals surface area contributed by atoms with E-state index in [0.29, 0.717) is 5.92 Å². The molecule has 0 nitrogen and oxygen atoms in total. The number of hydrogen-bond donors (Lipinski definition) is 0. The van der Waals surface area contributed by atoms with Gasteiger partial charge in [-0.05, 0) is 17.2 Å². The van der Waals surface area contributed by atoms with Crippen molar-refractivity contribution in [3.05, 3.63) is 27.9 Å². The van der Waals surface area contributed by atoms with Crippen LogP contribution in [0.1, 0.15) is 34.1 Å². The Labute approximate surface area is 80.1 Å². The number of allylic oxidation sites excluding steroid dienone is 3. The summed E-state index contributed by atoms with van der Waals surface area (Å²) in [4.78, 5) is 1.55. The fourth-order valence-corrected chi connectivity index (χ4v) is 2.42. The molecule has 0 aliphatic carbocycles. The third-order valence-electron chi connectivity index (χ3n) is 2.01. The van der Waals surface area contributed by atoms with Crippen LogP contribution in [0.25, 0.3) is 0 Å². The molecular formula is C11H17LrS-. The van der Waals surface area contributed by atoms with Gasteiger partial charge >= 0.3 is 0 Å².